The summed E-state index contributed by atoms with van der Waals surface area (Å²) >= 11 is 0. The van der Waals surface area contributed by atoms with Crippen LogP contribution in [0.1, 0.15) is 19.4 Å². The van der Waals surface area contributed by atoms with Gasteiger partial charge in [-0.15, -0.1) is 0 Å². The summed E-state index contributed by atoms with van der Waals surface area (Å²) in [4.78, 5) is 28.8. The number of hydrogen-bond acceptors (Lipinski definition) is 5. The molecule has 0 aromatic heterocycles. The van der Waals surface area contributed by atoms with Gasteiger partial charge >= 0.3 is 12.2 Å². The normalized spacial score (nSPS) is 12.6. The lowest BCUT2D eigenvalue weighted by Crippen LogP contribution is -2.34. The SMILES string of the molecule is CCOC(=O)Nc1ccc2c(c1)C=NCN2C(=O)OCC. The highest BCUT2D eigenvalue weighted by Gasteiger charge is 2.22. The molecule has 0 unspecified atom stereocenters. The average Bonchev–Trinajstić information content (AvgIpc) is 2.46. The maximum absolute atomic E-state index is 11.8. The molecule has 2 rings (SSSR count). The minimum Gasteiger partial charge on any atom is -0.450 e. The van der Waals surface area contributed by atoms with Crippen LogP contribution in [0, 0.1) is 0 Å². The maximum atomic E-state index is 11.8. The first-order chi connectivity index (χ1) is 10.2. The quantitative estimate of drug-likeness (QED) is 0.928. The van der Waals surface area contributed by atoms with Gasteiger partial charge in [0.1, 0.15) is 6.67 Å². The van der Waals surface area contributed by atoms with Crippen LogP contribution >= 0.6 is 0 Å². The molecule has 1 aromatic carbocycles. The second-order valence-electron chi connectivity index (χ2n) is 4.20. The zero-order valence-corrected chi connectivity index (χ0v) is 12.0. The van der Waals surface area contributed by atoms with Crippen LogP contribution in [0.5, 0.6) is 0 Å². The molecule has 7 heteroatoms. The lowest BCUT2D eigenvalue weighted by molar-refractivity contribution is 0.159. The Morgan fingerprint density at radius 2 is 2.05 bits per heavy atom. The standard InChI is InChI=1S/C14H17N3O4/c1-3-20-13(18)16-11-5-6-12-10(7-11)8-15-9-17(12)14(19)21-4-2/h5-8H,3-4,9H2,1-2H3,(H,16,18). The van der Waals surface area contributed by atoms with Crippen molar-refractivity contribution < 1.29 is 19.1 Å². The molecule has 0 saturated carbocycles. The molecular formula is C14H17N3O4. The first kappa shape index (κ1) is 14.8. The summed E-state index contributed by atoms with van der Waals surface area (Å²) in [7, 11) is 0. The molecule has 2 amide bonds. The fourth-order valence-electron chi connectivity index (χ4n) is 1.92. The van der Waals surface area contributed by atoms with Gasteiger partial charge in [-0.1, -0.05) is 0 Å². The summed E-state index contributed by atoms with van der Waals surface area (Å²) in [6.07, 6.45) is 0.690. The van der Waals surface area contributed by atoms with Crippen molar-refractivity contribution in [3.63, 3.8) is 0 Å². The van der Waals surface area contributed by atoms with Crippen LogP contribution in [0.15, 0.2) is 23.2 Å². The molecule has 0 fully saturated rings. The van der Waals surface area contributed by atoms with Crippen molar-refractivity contribution in [3.8, 4) is 0 Å². The molecule has 0 aliphatic carbocycles. The van der Waals surface area contributed by atoms with Crippen LogP contribution in [0.2, 0.25) is 0 Å². The fourth-order valence-corrected chi connectivity index (χ4v) is 1.92. The number of anilines is 2. The van der Waals surface area contributed by atoms with Gasteiger partial charge in [-0.05, 0) is 32.0 Å². The van der Waals surface area contributed by atoms with Crippen molar-refractivity contribution in [3.05, 3.63) is 23.8 Å². The molecule has 1 aliphatic heterocycles. The van der Waals surface area contributed by atoms with Crippen LogP contribution in [-0.2, 0) is 9.47 Å². The van der Waals surface area contributed by atoms with Crippen LogP contribution in [0.25, 0.3) is 0 Å². The molecule has 0 spiro atoms. The predicted molar refractivity (Wildman–Crippen MR) is 79.0 cm³/mol. The first-order valence-corrected chi connectivity index (χ1v) is 6.67. The van der Waals surface area contributed by atoms with E-state index in [1.54, 1.807) is 38.3 Å². The number of nitrogens with one attached hydrogen (secondary N) is 1. The molecule has 1 N–H and O–H groups in total. The highest BCUT2D eigenvalue weighted by atomic mass is 16.6. The minimum atomic E-state index is -0.521. The van der Waals surface area contributed by atoms with Crippen LogP contribution < -0.4 is 10.2 Å². The topological polar surface area (TPSA) is 80.2 Å². The van der Waals surface area contributed by atoms with Gasteiger partial charge in [0.05, 0.1) is 18.9 Å². The Morgan fingerprint density at radius 3 is 2.76 bits per heavy atom. The van der Waals surface area contributed by atoms with E-state index in [2.05, 4.69) is 10.3 Å². The number of ether oxygens (including phenoxy) is 2. The van der Waals surface area contributed by atoms with Gasteiger partial charge in [0.2, 0.25) is 0 Å². The lowest BCUT2D eigenvalue weighted by Gasteiger charge is -2.25. The van der Waals surface area contributed by atoms with E-state index in [1.807, 2.05) is 0 Å². The third kappa shape index (κ3) is 3.50. The van der Waals surface area contributed by atoms with Crippen LogP contribution in [0.3, 0.4) is 0 Å². The number of fused-ring (bicyclic) bond motifs is 1. The lowest BCUT2D eigenvalue weighted by atomic mass is 10.1. The number of benzene rings is 1. The maximum Gasteiger partial charge on any atom is 0.415 e. The molecule has 0 radical (unpaired) electrons. The average molecular weight is 291 g/mol. The van der Waals surface area contributed by atoms with E-state index in [1.165, 1.54) is 4.90 Å². The molecule has 21 heavy (non-hydrogen) atoms. The zero-order chi connectivity index (χ0) is 15.2. The largest absolute Gasteiger partial charge is 0.450 e. The van der Waals surface area contributed by atoms with Gasteiger partial charge in [-0.25, -0.2) is 9.59 Å². The van der Waals surface area contributed by atoms with Gasteiger partial charge < -0.3 is 9.47 Å². The van der Waals surface area contributed by atoms with Crippen molar-refractivity contribution in [2.45, 2.75) is 13.8 Å². The van der Waals surface area contributed by atoms with Gasteiger partial charge in [0.25, 0.3) is 0 Å². The number of carbonyl (C=O) groups excluding carboxylic acids is 2. The summed E-state index contributed by atoms with van der Waals surface area (Å²) < 4.78 is 9.80. The molecule has 1 aliphatic rings. The highest BCUT2D eigenvalue weighted by Crippen LogP contribution is 2.26. The van der Waals surface area contributed by atoms with Gasteiger partial charge in [0, 0.05) is 17.5 Å². The molecule has 112 valence electrons. The number of carbonyl (C=O) groups is 2. The Labute approximate surface area is 122 Å². The number of aliphatic imine (C=N–C) groups is 1. The smallest absolute Gasteiger partial charge is 0.415 e. The summed E-state index contributed by atoms with van der Waals surface area (Å²) in [6, 6.07) is 5.15. The van der Waals surface area contributed by atoms with E-state index in [9.17, 15) is 9.59 Å². The summed E-state index contributed by atoms with van der Waals surface area (Å²) in [5.41, 5.74) is 1.99. The molecule has 1 heterocycles. The Bertz CT molecular complexity index is 571. The Morgan fingerprint density at radius 1 is 1.29 bits per heavy atom. The summed E-state index contributed by atoms with van der Waals surface area (Å²) in [5.74, 6) is 0. The number of amides is 2. The van der Waals surface area contributed by atoms with E-state index >= 15 is 0 Å². The highest BCUT2D eigenvalue weighted by molar-refractivity contribution is 6.00. The third-order valence-corrected chi connectivity index (χ3v) is 2.78. The monoisotopic (exact) mass is 291 g/mol. The second-order valence-corrected chi connectivity index (χ2v) is 4.20. The fraction of sp³-hybridized carbons (Fsp3) is 0.357. The molecular weight excluding hydrogens is 274 g/mol. The molecule has 0 bridgehead atoms. The van der Waals surface area contributed by atoms with E-state index in [0.717, 1.165) is 5.56 Å². The molecule has 0 saturated heterocycles. The zero-order valence-electron chi connectivity index (χ0n) is 12.0. The first-order valence-electron chi connectivity index (χ1n) is 6.67. The number of hydrogen-bond donors (Lipinski definition) is 1. The molecule has 1 aromatic rings. The summed E-state index contributed by atoms with van der Waals surface area (Å²) in [5, 5.41) is 2.60. The van der Waals surface area contributed by atoms with Crippen molar-refractivity contribution >= 4 is 29.8 Å². The van der Waals surface area contributed by atoms with Crippen molar-refractivity contribution in [2.75, 3.05) is 30.1 Å². The van der Waals surface area contributed by atoms with Crippen LogP contribution in [-0.4, -0.2) is 38.3 Å². The molecule has 0 atom stereocenters. The minimum absolute atomic E-state index is 0.219. The van der Waals surface area contributed by atoms with Crippen LogP contribution in [0.4, 0.5) is 21.0 Å². The number of nitrogens with zero attached hydrogens (tertiary/aromatic N) is 2. The van der Waals surface area contributed by atoms with E-state index in [4.69, 9.17) is 9.47 Å². The Hall–Kier alpha value is -2.57. The third-order valence-electron chi connectivity index (χ3n) is 2.78. The molecule has 7 nitrogen and oxygen atoms in total. The van der Waals surface area contributed by atoms with E-state index in [-0.39, 0.29) is 6.67 Å². The Balaban J connectivity index is 2.19. The second kappa shape index (κ2) is 6.74. The summed E-state index contributed by atoms with van der Waals surface area (Å²) in [6.45, 7) is 4.30. The van der Waals surface area contributed by atoms with E-state index in [0.29, 0.717) is 24.6 Å². The van der Waals surface area contributed by atoms with Crippen molar-refractivity contribution in [2.24, 2.45) is 4.99 Å². The van der Waals surface area contributed by atoms with Gasteiger partial charge in [0.15, 0.2) is 0 Å². The van der Waals surface area contributed by atoms with Gasteiger partial charge in [-0.2, -0.15) is 0 Å². The van der Waals surface area contributed by atoms with E-state index < -0.39 is 12.2 Å². The van der Waals surface area contributed by atoms with Gasteiger partial charge in [-0.3, -0.25) is 15.2 Å². The predicted octanol–water partition coefficient (Wildman–Crippen LogP) is 2.61. The number of rotatable bonds is 3. The van der Waals surface area contributed by atoms with Crippen molar-refractivity contribution in [1.29, 1.82) is 0 Å². The van der Waals surface area contributed by atoms with Crippen molar-refractivity contribution in [1.82, 2.24) is 0 Å². The Kier molecular flexibility index (Phi) is 4.76.